The number of hydrogen-bond acceptors (Lipinski definition) is 4. The smallest absolute Gasteiger partial charge is 0.240 e. The van der Waals surface area contributed by atoms with Crippen LogP contribution in [-0.2, 0) is 21.4 Å². The fourth-order valence-electron chi connectivity index (χ4n) is 2.62. The molecule has 0 aliphatic heterocycles. The molecule has 6 nitrogen and oxygen atoms in total. The van der Waals surface area contributed by atoms with E-state index in [4.69, 9.17) is 0 Å². The third-order valence-corrected chi connectivity index (χ3v) is 5.92. The Hall–Kier alpha value is -2.38. The summed E-state index contributed by atoms with van der Waals surface area (Å²) < 4.78 is 27.1. The summed E-state index contributed by atoms with van der Waals surface area (Å²) in [6, 6.07) is 14.7. The third-order valence-electron chi connectivity index (χ3n) is 4.44. The minimum atomic E-state index is -3.61. The van der Waals surface area contributed by atoms with Crippen LogP contribution in [0.25, 0.3) is 0 Å². The van der Waals surface area contributed by atoms with E-state index in [0.29, 0.717) is 12.5 Å². The maximum Gasteiger partial charge on any atom is 0.240 e. The summed E-state index contributed by atoms with van der Waals surface area (Å²) >= 11 is 0. The number of anilines is 1. The minimum absolute atomic E-state index is 0.0552. The number of carbonyl (C=O) groups excluding carboxylic acids is 1. The van der Waals surface area contributed by atoms with Gasteiger partial charge in [-0.3, -0.25) is 4.79 Å². The second kappa shape index (κ2) is 9.71. The zero-order valence-corrected chi connectivity index (χ0v) is 17.7. The molecule has 0 bridgehead atoms. The molecule has 0 atom stereocenters. The molecule has 152 valence electrons. The molecule has 0 spiro atoms. The molecule has 0 heterocycles. The zero-order chi connectivity index (χ0) is 20.7. The monoisotopic (exact) mass is 403 g/mol. The van der Waals surface area contributed by atoms with Crippen molar-refractivity contribution in [3.05, 3.63) is 59.7 Å². The van der Waals surface area contributed by atoms with Crippen molar-refractivity contribution in [2.75, 3.05) is 25.5 Å². The second-order valence-corrected chi connectivity index (χ2v) is 8.98. The number of carbonyl (C=O) groups is 1. The molecule has 28 heavy (non-hydrogen) atoms. The van der Waals surface area contributed by atoms with Gasteiger partial charge in [-0.1, -0.05) is 38.1 Å². The maximum atomic E-state index is 12.3. The Morgan fingerprint density at radius 3 is 2.14 bits per heavy atom. The van der Waals surface area contributed by atoms with Gasteiger partial charge >= 0.3 is 0 Å². The van der Waals surface area contributed by atoms with Gasteiger partial charge in [-0.15, -0.1) is 0 Å². The summed E-state index contributed by atoms with van der Waals surface area (Å²) in [5.74, 6) is 0.141. The first-order valence-corrected chi connectivity index (χ1v) is 10.8. The number of hydrogen-bond donors (Lipinski definition) is 2. The molecule has 2 aromatic carbocycles. The van der Waals surface area contributed by atoms with Gasteiger partial charge in [-0.05, 0) is 41.3 Å². The van der Waals surface area contributed by atoms with Gasteiger partial charge < -0.3 is 10.2 Å². The molecule has 0 aliphatic rings. The van der Waals surface area contributed by atoms with E-state index in [0.717, 1.165) is 16.8 Å². The van der Waals surface area contributed by atoms with Crippen LogP contribution >= 0.6 is 0 Å². The topological polar surface area (TPSA) is 78.5 Å². The fourth-order valence-corrected chi connectivity index (χ4v) is 3.65. The number of benzene rings is 2. The van der Waals surface area contributed by atoms with E-state index in [1.165, 1.54) is 0 Å². The number of nitrogens with zero attached hydrogens (tertiary/aromatic N) is 1. The molecule has 0 radical (unpaired) electrons. The van der Waals surface area contributed by atoms with Crippen LogP contribution in [0.4, 0.5) is 5.69 Å². The van der Waals surface area contributed by atoms with Crippen LogP contribution in [0.15, 0.2) is 53.4 Å². The summed E-state index contributed by atoms with van der Waals surface area (Å²) in [4.78, 5) is 14.2. The average Bonchev–Trinajstić information content (AvgIpc) is 2.66. The van der Waals surface area contributed by atoms with Gasteiger partial charge in [0.2, 0.25) is 15.9 Å². The van der Waals surface area contributed by atoms with E-state index >= 15 is 0 Å². The summed E-state index contributed by atoms with van der Waals surface area (Å²) in [6.07, 6.45) is 0.0824. The van der Waals surface area contributed by atoms with E-state index in [1.807, 2.05) is 55.4 Å². The number of amides is 1. The van der Waals surface area contributed by atoms with Gasteiger partial charge in [-0.2, -0.15) is 0 Å². The van der Waals surface area contributed by atoms with Crippen molar-refractivity contribution in [1.29, 1.82) is 0 Å². The Morgan fingerprint density at radius 1 is 1.00 bits per heavy atom. The highest BCUT2D eigenvalue weighted by Gasteiger charge is 2.14. The van der Waals surface area contributed by atoms with Crippen molar-refractivity contribution in [3.8, 4) is 0 Å². The van der Waals surface area contributed by atoms with Crippen molar-refractivity contribution >= 4 is 21.6 Å². The summed E-state index contributed by atoms with van der Waals surface area (Å²) in [6.45, 7) is 4.57. The Kier molecular flexibility index (Phi) is 7.60. The van der Waals surface area contributed by atoms with Gasteiger partial charge in [0, 0.05) is 39.3 Å². The quantitative estimate of drug-likeness (QED) is 0.675. The lowest BCUT2D eigenvalue weighted by Gasteiger charge is -2.13. The fraction of sp³-hybridized carbons (Fsp3) is 0.381. The van der Waals surface area contributed by atoms with E-state index < -0.39 is 10.0 Å². The first kappa shape index (κ1) is 21.9. The van der Waals surface area contributed by atoms with Gasteiger partial charge in [0.25, 0.3) is 0 Å². The molecule has 1 amide bonds. The average molecular weight is 404 g/mol. The molecule has 0 aliphatic carbocycles. The third kappa shape index (κ3) is 6.35. The number of rotatable bonds is 9. The second-order valence-electron chi connectivity index (χ2n) is 7.21. The van der Waals surface area contributed by atoms with Gasteiger partial charge in [0.1, 0.15) is 0 Å². The predicted molar refractivity (Wildman–Crippen MR) is 113 cm³/mol. The van der Waals surface area contributed by atoms with Crippen LogP contribution in [0.2, 0.25) is 0 Å². The Balaban J connectivity index is 1.79. The molecule has 0 saturated heterocycles. The van der Waals surface area contributed by atoms with Crippen molar-refractivity contribution in [1.82, 2.24) is 10.0 Å². The molecule has 0 unspecified atom stereocenters. The standard InChI is InChI=1S/C21H29N3O3S/c1-16(2)18-7-11-20(12-8-18)28(26,27)23-14-13-21(25)22-15-17-5-9-19(10-6-17)24(3)4/h5-12,16,23H,13-15H2,1-4H3,(H,22,25). The van der Waals surface area contributed by atoms with E-state index in [1.54, 1.807) is 12.1 Å². The van der Waals surface area contributed by atoms with Crippen LogP contribution in [0.5, 0.6) is 0 Å². The minimum Gasteiger partial charge on any atom is -0.378 e. The lowest BCUT2D eigenvalue weighted by Crippen LogP contribution is -2.30. The van der Waals surface area contributed by atoms with Gasteiger partial charge in [0.05, 0.1) is 4.90 Å². The van der Waals surface area contributed by atoms with E-state index in [2.05, 4.69) is 23.9 Å². The van der Waals surface area contributed by atoms with Crippen LogP contribution < -0.4 is 14.9 Å². The number of sulfonamides is 1. The maximum absolute atomic E-state index is 12.3. The Labute approximate surface area is 168 Å². The van der Waals surface area contributed by atoms with Crippen molar-refractivity contribution in [2.45, 2.75) is 37.6 Å². The lowest BCUT2D eigenvalue weighted by molar-refractivity contribution is -0.121. The van der Waals surface area contributed by atoms with Crippen molar-refractivity contribution in [3.63, 3.8) is 0 Å². The van der Waals surface area contributed by atoms with E-state index in [-0.39, 0.29) is 23.8 Å². The predicted octanol–water partition coefficient (Wildman–Crippen LogP) is 2.86. The van der Waals surface area contributed by atoms with Crippen LogP contribution in [0.1, 0.15) is 37.3 Å². The molecule has 2 N–H and O–H groups in total. The normalized spacial score (nSPS) is 11.5. The van der Waals surface area contributed by atoms with Crippen LogP contribution in [0, 0.1) is 0 Å². The molecular formula is C21H29N3O3S. The Bertz CT molecular complexity index is 874. The summed E-state index contributed by atoms with van der Waals surface area (Å²) in [7, 11) is 0.324. The molecule has 0 saturated carbocycles. The molecule has 7 heteroatoms. The van der Waals surface area contributed by atoms with Crippen molar-refractivity contribution in [2.24, 2.45) is 0 Å². The first-order chi connectivity index (χ1) is 13.2. The Morgan fingerprint density at radius 2 is 1.61 bits per heavy atom. The molecule has 2 rings (SSSR count). The van der Waals surface area contributed by atoms with Gasteiger partial charge in [-0.25, -0.2) is 13.1 Å². The molecular weight excluding hydrogens is 374 g/mol. The summed E-state index contributed by atoms with van der Waals surface area (Å²) in [5.41, 5.74) is 3.16. The van der Waals surface area contributed by atoms with Crippen LogP contribution in [0.3, 0.4) is 0 Å². The largest absolute Gasteiger partial charge is 0.378 e. The lowest BCUT2D eigenvalue weighted by atomic mass is 10.0. The number of nitrogens with one attached hydrogen (secondary N) is 2. The highest BCUT2D eigenvalue weighted by molar-refractivity contribution is 7.89. The highest BCUT2D eigenvalue weighted by atomic mass is 32.2. The highest BCUT2D eigenvalue weighted by Crippen LogP contribution is 2.17. The molecule has 2 aromatic rings. The first-order valence-electron chi connectivity index (χ1n) is 9.31. The SMILES string of the molecule is CC(C)c1ccc(S(=O)(=O)NCCC(=O)NCc2ccc(N(C)C)cc2)cc1. The summed E-state index contributed by atoms with van der Waals surface area (Å²) in [5, 5.41) is 2.81. The van der Waals surface area contributed by atoms with Crippen molar-refractivity contribution < 1.29 is 13.2 Å². The van der Waals surface area contributed by atoms with Gasteiger partial charge in [0.15, 0.2) is 0 Å². The molecule has 0 aromatic heterocycles. The molecule has 0 fully saturated rings. The van der Waals surface area contributed by atoms with Crippen LogP contribution in [-0.4, -0.2) is 35.0 Å². The van der Waals surface area contributed by atoms with E-state index in [9.17, 15) is 13.2 Å². The zero-order valence-electron chi connectivity index (χ0n) is 16.9.